The van der Waals surface area contributed by atoms with Gasteiger partial charge in [-0.25, -0.2) is 0 Å². The van der Waals surface area contributed by atoms with E-state index in [1.165, 1.54) is 0 Å². The van der Waals surface area contributed by atoms with E-state index < -0.39 is 0 Å². The van der Waals surface area contributed by atoms with Crippen molar-refractivity contribution in [3.8, 4) is 5.75 Å². The van der Waals surface area contributed by atoms with Crippen LogP contribution in [0.5, 0.6) is 5.75 Å². The normalized spacial score (nSPS) is 10.5. The van der Waals surface area contributed by atoms with E-state index in [-0.39, 0.29) is 5.91 Å². The maximum atomic E-state index is 11.4. The molecule has 0 heterocycles. The number of nitrogens with one attached hydrogen (secondary N) is 1. The lowest BCUT2D eigenvalue weighted by atomic mass is 10.2. The minimum Gasteiger partial charge on any atom is -0.496 e. The minimum absolute atomic E-state index is 0.0193. The summed E-state index contributed by atoms with van der Waals surface area (Å²) >= 11 is 3.45. The van der Waals surface area contributed by atoms with Gasteiger partial charge in [0.25, 0.3) is 0 Å². The fourth-order valence-corrected chi connectivity index (χ4v) is 2.08. The molecule has 0 aliphatic carbocycles. The molecule has 1 rings (SSSR count). The van der Waals surface area contributed by atoms with Crippen LogP contribution in [0.1, 0.15) is 12.5 Å². The van der Waals surface area contributed by atoms with Crippen LogP contribution >= 0.6 is 15.9 Å². The van der Waals surface area contributed by atoms with E-state index in [1.807, 2.05) is 25.1 Å². The highest BCUT2D eigenvalue weighted by atomic mass is 79.9. The molecule has 1 amide bonds. The zero-order valence-corrected chi connectivity index (χ0v) is 12.6. The Hall–Kier alpha value is -1.07. The van der Waals surface area contributed by atoms with E-state index in [4.69, 9.17) is 4.74 Å². The van der Waals surface area contributed by atoms with Crippen LogP contribution in [0.2, 0.25) is 0 Å². The number of methoxy groups -OCH3 is 1. The molecule has 4 nitrogen and oxygen atoms in total. The van der Waals surface area contributed by atoms with Crippen molar-refractivity contribution in [2.45, 2.75) is 13.5 Å². The third kappa shape index (κ3) is 4.31. The molecular weight excluding hydrogens is 296 g/mol. The second-order valence-electron chi connectivity index (χ2n) is 3.93. The Bertz CT molecular complexity index is 410. The van der Waals surface area contributed by atoms with Crippen molar-refractivity contribution < 1.29 is 9.53 Å². The lowest BCUT2D eigenvalue weighted by Gasteiger charge is -2.20. The summed E-state index contributed by atoms with van der Waals surface area (Å²) in [5.41, 5.74) is 1.07. The molecule has 0 aliphatic heterocycles. The maximum Gasteiger partial charge on any atom is 0.233 e. The third-order valence-corrected chi connectivity index (χ3v) is 3.22. The van der Waals surface area contributed by atoms with E-state index in [9.17, 15) is 4.79 Å². The first-order chi connectivity index (χ1) is 8.60. The SMILES string of the molecule is CCN(CC(=O)NC)Cc1cc(Br)ccc1OC. The van der Waals surface area contributed by atoms with E-state index >= 15 is 0 Å². The van der Waals surface area contributed by atoms with Gasteiger partial charge in [-0.3, -0.25) is 9.69 Å². The predicted octanol–water partition coefficient (Wildman–Crippen LogP) is 2.03. The molecule has 1 N–H and O–H groups in total. The Labute approximate surface area is 116 Å². The highest BCUT2D eigenvalue weighted by Gasteiger charge is 2.11. The van der Waals surface area contributed by atoms with Crippen molar-refractivity contribution in [2.24, 2.45) is 0 Å². The van der Waals surface area contributed by atoms with Gasteiger partial charge in [0.1, 0.15) is 5.75 Å². The molecule has 0 unspecified atom stereocenters. The number of ether oxygens (including phenoxy) is 1. The predicted molar refractivity (Wildman–Crippen MR) is 75.7 cm³/mol. The molecule has 0 aliphatic rings. The monoisotopic (exact) mass is 314 g/mol. The summed E-state index contributed by atoms with van der Waals surface area (Å²) in [6, 6.07) is 5.88. The summed E-state index contributed by atoms with van der Waals surface area (Å²) in [6.07, 6.45) is 0. The van der Waals surface area contributed by atoms with Gasteiger partial charge in [0.2, 0.25) is 5.91 Å². The molecule has 1 aromatic carbocycles. The topological polar surface area (TPSA) is 41.6 Å². The average molecular weight is 315 g/mol. The van der Waals surface area contributed by atoms with Gasteiger partial charge in [0.05, 0.1) is 13.7 Å². The molecule has 0 spiro atoms. The second-order valence-corrected chi connectivity index (χ2v) is 4.85. The van der Waals surface area contributed by atoms with Crippen molar-refractivity contribution in [2.75, 3.05) is 27.2 Å². The van der Waals surface area contributed by atoms with Crippen molar-refractivity contribution in [3.05, 3.63) is 28.2 Å². The molecule has 0 fully saturated rings. The molecule has 0 aromatic heterocycles. The Morgan fingerprint density at radius 1 is 1.50 bits per heavy atom. The molecule has 0 radical (unpaired) electrons. The van der Waals surface area contributed by atoms with Gasteiger partial charge in [-0.2, -0.15) is 0 Å². The first-order valence-electron chi connectivity index (χ1n) is 5.86. The van der Waals surface area contributed by atoms with Crippen molar-refractivity contribution >= 4 is 21.8 Å². The van der Waals surface area contributed by atoms with Crippen molar-refractivity contribution in [1.29, 1.82) is 0 Å². The fourth-order valence-electron chi connectivity index (χ4n) is 1.67. The number of carbonyl (C=O) groups excluding carboxylic acids is 1. The Balaban J connectivity index is 2.80. The van der Waals surface area contributed by atoms with Gasteiger partial charge in [-0.1, -0.05) is 22.9 Å². The summed E-state index contributed by atoms with van der Waals surface area (Å²) in [5, 5.41) is 2.63. The zero-order chi connectivity index (χ0) is 13.5. The van der Waals surface area contributed by atoms with Crippen LogP contribution in [0.25, 0.3) is 0 Å². The molecule has 100 valence electrons. The summed E-state index contributed by atoms with van der Waals surface area (Å²) in [4.78, 5) is 13.5. The third-order valence-electron chi connectivity index (χ3n) is 2.73. The second kappa shape index (κ2) is 7.38. The Morgan fingerprint density at radius 3 is 2.78 bits per heavy atom. The lowest BCUT2D eigenvalue weighted by Crippen LogP contribution is -2.35. The van der Waals surface area contributed by atoms with Gasteiger partial charge in [-0.05, 0) is 24.7 Å². The van der Waals surface area contributed by atoms with E-state index in [2.05, 4.69) is 26.1 Å². The number of hydrogen-bond donors (Lipinski definition) is 1. The van der Waals surface area contributed by atoms with Crippen LogP contribution in [0.3, 0.4) is 0 Å². The van der Waals surface area contributed by atoms with Crippen LogP contribution in [0.15, 0.2) is 22.7 Å². The first kappa shape index (κ1) is 15.0. The number of amides is 1. The number of halogens is 1. The van der Waals surface area contributed by atoms with E-state index in [0.29, 0.717) is 13.1 Å². The molecule has 1 aromatic rings. The molecule has 0 saturated carbocycles. The average Bonchev–Trinajstić information content (AvgIpc) is 2.38. The van der Waals surface area contributed by atoms with Crippen molar-refractivity contribution in [3.63, 3.8) is 0 Å². The fraction of sp³-hybridized carbons (Fsp3) is 0.462. The summed E-state index contributed by atoms with van der Waals surface area (Å²) in [6.45, 7) is 3.92. The molecular formula is C13H19BrN2O2. The number of carbonyl (C=O) groups is 1. The number of nitrogens with zero attached hydrogens (tertiary/aromatic N) is 1. The number of hydrogen-bond acceptors (Lipinski definition) is 3. The maximum absolute atomic E-state index is 11.4. The standard InChI is InChI=1S/C13H19BrN2O2/c1-4-16(9-13(17)15-2)8-10-7-11(14)5-6-12(10)18-3/h5-7H,4,8-9H2,1-3H3,(H,15,17). The van der Waals surface area contributed by atoms with Crippen LogP contribution in [0, 0.1) is 0 Å². The molecule has 0 atom stereocenters. The largest absolute Gasteiger partial charge is 0.496 e. The van der Waals surface area contributed by atoms with Gasteiger partial charge in [0, 0.05) is 23.6 Å². The zero-order valence-electron chi connectivity index (χ0n) is 11.0. The van der Waals surface area contributed by atoms with Crippen LogP contribution in [-0.2, 0) is 11.3 Å². The highest BCUT2D eigenvalue weighted by Crippen LogP contribution is 2.24. The number of likely N-dealkylation sites (N-methyl/N-ethyl adjacent to an activating group) is 2. The van der Waals surface area contributed by atoms with Gasteiger partial charge < -0.3 is 10.1 Å². The van der Waals surface area contributed by atoms with Gasteiger partial charge in [0.15, 0.2) is 0 Å². The smallest absolute Gasteiger partial charge is 0.233 e. The first-order valence-corrected chi connectivity index (χ1v) is 6.65. The summed E-state index contributed by atoms with van der Waals surface area (Å²) in [5.74, 6) is 0.861. The summed E-state index contributed by atoms with van der Waals surface area (Å²) < 4.78 is 6.34. The molecule has 0 bridgehead atoms. The number of benzene rings is 1. The molecule has 18 heavy (non-hydrogen) atoms. The summed E-state index contributed by atoms with van der Waals surface area (Å²) in [7, 11) is 3.30. The minimum atomic E-state index is 0.0193. The lowest BCUT2D eigenvalue weighted by molar-refractivity contribution is -0.121. The van der Waals surface area contributed by atoms with Gasteiger partial charge >= 0.3 is 0 Å². The number of rotatable bonds is 6. The molecule has 5 heteroatoms. The quantitative estimate of drug-likeness (QED) is 0.873. The van der Waals surface area contributed by atoms with E-state index in [1.54, 1.807) is 14.2 Å². The van der Waals surface area contributed by atoms with Crippen LogP contribution < -0.4 is 10.1 Å². The van der Waals surface area contributed by atoms with Crippen LogP contribution in [-0.4, -0.2) is 38.1 Å². The van der Waals surface area contributed by atoms with Crippen LogP contribution in [0.4, 0.5) is 0 Å². The van der Waals surface area contributed by atoms with E-state index in [0.717, 1.165) is 22.3 Å². The Morgan fingerprint density at radius 2 is 2.22 bits per heavy atom. The molecule has 0 saturated heterocycles. The highest BCUT2D eigenvalue weighted by molar-refractivity contribution is 9.10. The van der Waals surface area contributed by atoms with Gasteiger partial charge in [-0.15, -0.1) is 0 Å². The Kier molecular flexibility index (Phi) is 6.15. The van der Waals surface area contributed by atoms with Crippen molar-refractivity contribution in [1.82, 2.24) is 10.2 Å².